The van der Waals surface area contributed by atoms with E-state index in [0.717, 1.165) is 49.1 Å². The van der Waals surface area contributed by atoms with E-state index in [1.807, 2.05) is 11.8 Å². The fourth-order valence-electron chi connectivity index (χ4n) is 9.59. The van der Waals surface area contributed by atoms with Gasteiger partial charge in [0.15, 0.2) is 0 Å². The number of hydrogen-bond donors (Lipinski definition) is 0. The van der Waals surface area contributed by atoms with Crippen molar-refractivity contribution in [3.63, 3.8) is 0 Å². The van der Waals surface area contributed by atoms with Gasteiger partial charge in [0.05, 0.1) is 22.1 Å². The van der Waals surface area contributed by atoms with Gasteiger partial charge in [-0.15, -0.1) is 11.8 Å². The van der Waals surface area contributed by atoms with Crippen LogP contribution in [-0.2, 0) is 0 Å². The molecule has 0 bridgehead atoms. The Balaban J connectivity index is 1.27. The van der Waals surface area contributed by atoms with Crippen LogP contribution < -0.4 is 21.0 Å². The summed E-state index contributed by atoms with van der Waals surface area (Å²) >= 11 is 1.98. The van der Waals surface area contributed by atoms with Gasteiger partial charge >= 0.3 is 0 Å². The minimum absolute atomic E-state index is 0.308. The van der Waals surface area contributed by atoms with Gasteiger partial charge in [0.2, 0.25) is 20.0 Å². The van der Waals surface area contributed by atoms with Crippen molar-refractivity contribution in [2.75, 3.05) is 0 Å². The molecule has 0 saturated carbocycles. The van der Waals surface area contributed by atoms with E-state index < -0.39 is 8.07 Å². The van der Waals surface area contributed by atoms with Gasteiger partial charge in [0, 0.05) is 37.6 Å². The molecule has 10 aromatic rings. The SMILES string of the molecule is C1=CC2Sc3c(cccc3[Si](c3ccccc3)(c3ccccc3)c3nc(-n4c5ccccc5c5ccccc54)nc(-n4c5ccccc5c5ccccc54)n3)C2C=C1. The van der Waals surface area contributed by atoms with E-state index in [2.05, 4.69) is 209 Å². The predicted octanol–water partition coefficient (Wildman–Crippen LogP) is 9.13. The molecule has 2 unspecified atom stereocenters. The Hall–Kier alpha value is -6.80. The smallest absolute Gasteiger partial charge is 0.239 e. The molecule has 3 aromatic heterocycles. The van der Waals surface area contributed by atoms with Crippen LogP contribution in [0.25, 0.3) is 55.5 Å². The highest BCUT2D eigenvalue weighted by molar-refractivity contribution is 8.00. The van der Waals surface area contributed by atoms with E-state index in [9.17, 15) is 0 Å². The molecule has 5 nitrogen and oxygen atoms in total. The Kier molecular flexibility index (Phi) is 7.55. The van der Waals surface area contributed by atoms with Gasteiger partial charge in [0.1, 0.15) is 5.45 Å². The number of hydrogen-bond acceptors (Lipinski definition) is 4. The first-order valence-corrected chi connectivity index (χ1v) is 22.7. The van der Waals surface area contributed by atoms with Crippen LogP contribution in [0.2, 0.25) is 0 Å². The molecule has 0 radical (unpaired) electrons. The summed E-state index contributed by atoms with van der Waals surface area (Å²) < 4.78 is 4.49. The third-order valence-electron chi connectivity index (χ3n) is 12.1. The number of thioether (sulfide) groups is 1. The van der Waals surface area contributed by atoms with Crippen LogP contribution in [0.3, 0.4) is 0 Å². The lowest BCUT2D eigenvalue weighted by Gasteiger charge is -2.34. The van der Waals surface area contributed by atoms with E-state index >= 15 is 0 Å². The second kappa shape index (κ2) is 13.1. The fourth-order valence-corrected chi connectivity index (χ4v) is 16.1. The minimum Gasteiger partial charge on any atom is -0.278 e. The molecule has 0 N–H and O–H groups in total. The summed E-state index contributed by atoms with van der Waals surface area (Å²) in [6.07, 6.45) is 9.12. The Morgan fingerprint density at radius 3 is 1.38 bits per heavy atom. The van der Waals surface area contributed by atoms with Gasteiger partial charge in [-0.25, -0.2) is 9.97 Å². The number of benzene rings is 7. The van der Waals surface area contributed by atoms with E-state index in [1.165, 1.54) is 26.0 Å². The molecule has 58 heavy (non-hydrogen) atoms. The first-order chi connectivity index (χ1) is 28.8. The number of para-hydroxylation sites is 4. The first-order valence-electron chi connectivity index (χ1n) is 19.8. The highest BCUT2D eigenvalue weighted by Gasteiger charge is 2.49. The summed E-state index contributed by atoms with van der Waals surface area (Å²) in [7, 11) is -3.34. The number of fused-ring (bicyclic) bond motifs is 9. The Morgan fingerprint density at radius 1 is 0.431 bits per heavy atom. The predicted molar refractivity (Wildman–Crippen MR) is 243 cm³/mol. The Bertz CT molecular complexity index is 3020. The van der Waals surface area contributed by atoms with Crippen LogP contribution in [0.15, 0.2) is 205 Å². The van der Waals surface area contributed by atoms with Gasteiger partial charge < -0.3 is 0 Å². The lowest BCUT2D eigenvalue weighted by Crippen LogP contribution is -2.77. The first kappa shape index (κ1) is 33.3. The van der Waals surface area contributed by atoms with Crippen LogP contribution in [-0.4, -0.2) is 37.4 Å². The summed E-state index contributed by atoms with van der Waals surface area (Å²) in [6.45, 7) is 0. The molecule has 1 aliphatic carbocycles. The molecule has 2 atom stereocenters. The molecule has 2 aliphatic rings. The van der Waals surface area contributed by atoms with Crippen molar-refractivity contribution < 1.29 is 0 Å². The van der Waals surface area contributed by atoms with Crippen molar-refractivity contribution in [1.82, 2.24) is 24.1 Å². The van der Waals surface area contributed by atoms with Crippen LogP contribution in [0.1, 0.15) is 11.5 Å². The highest BCUT2D eigenvalue weighted by Crippen LogP contribution is 2.47. The summed E-state index contributed by atoms with van der Waals surface area (Å²) in [4.78, 5) is 18.5. The van der Waals surface area contributed by atoms with E-state index in [1.54, 1.807) is 0 Å². The fraction of sp³-hybridized carbons (Fsp3) is 0.0392. The van der Waals surface area contributed by atoms with Crippen molar-refractivity contribution in [1.29, 1.82) is 0 Å². The average Bonchev–Trinajstić information content (AvgIpc) is 3.96. The summed E-state index contributed by atoms with van der Waals surface area (Å²) in [5.74, 6) is 1.51. The number of nitrogens with zero attached hydrogens (tertiary/aromatic N) is 5. The number of allylic oxidation sites excluding steroid dienone is 3. The van der Waals surface area contributed by atoms with Crippen molar-refractivity contribution in [3.05, 3.63) is 206 Å². The third kappa shape index (κ3) is 4.81. The summed E-state index contributed by atoms with van der Waals surface area (Å²) in [5, 5.41) is 8.73. The van der Waals surface area contributed by atoms with Crippen LogP contribution in [0.4, 0.5) is 0 Å². The molecule has 274 valence electrons. The number of aromatic nitrogens is 5. The largest absolute Gasteiger partial charge is 0.278 e. The monoisotopic (exact) mass is 777 g/mol. The quantitative estimate of drug-likeness (QED) is 0.125. The van der Waals surface area contributed by atoms with E-state index in [0.29, 0.717) is 23.1 Å². The lowest BCUT2D eigenvalue weighted by molar-refractivity contribution is 0.882. The molecular formula is C51H35N5SSi. The lowest BCUT2D eigenvalue weighted by atomic mass is 9.93. The van der Waals surface area contributed by atoms with Gasteiger partial charge in [-0.3, -0.25) is 9.13 Å². The van der Waals surface area contributed by atoms with Crippen molar-refractivity contribution >= 4 is 84.5 Å². The van der Waals surface area contributed by atoms with Crippen molar-refractivity contribution in [2.45, 2.75) is 16.1 Å². The molecule has 7 aromatic carbocycles. The van der Waals surface area contributed by atoms with E-state index in [-0.39, 0.29) is 0 Å². The van der Waals surface area contributed by atoms with Gasteiger partial charge in [-0.1, -0.05) is 176 Å². The van der Waals surface area contributed by atoms with Crippen LogP contribution in [0.5, 0.6) is 0 Å². The Labute approximate surface area is 340 Å². The zero-order valence-electron chi connectivity index (χ0n) is 31.4. The maximum Gasteiger partial charge on any atom is 0.239 e. The normalized spacial score (nSPS) is 16.1. The molecule has 7 heteroatoms. The summed E-state index contributed by atoms with van der Waals surface area (Å²) in [5.41, 5.74) is 6.39. The number of rotatable bonds is 6. The van der Waals surface area contributed by atoms with Crippen molar-refractivity contribution in [2.24, 2.45) is 0 Å². The zero-order chi connectivity index (χ0) is 38.2. The van der Waals surface area contributed by atoms with E-state index in [4.69, 9.17) is 15.0 Å². The molecule has 0 amide bonds. The van der Waals surface area contributed by atoms with Crippen LogP contribution >= 0.6 is 11.8 Å². The standard InChI is InChI=1S/C51H35N5SSi/c1-3-18-34(19-4-1)58(35-20-5-2-6-21-35,47-33-17-27-41-40-26-11-16-32-46(40)57-48(41)47)51-53-49(55-42-28-12-7-22-36(42)37-23-8-13-29-43(37)55)52-50(54-51)56-44-30-14-9-24-38(44)39-25-10-15-31-45(39)56/h1-33,40,46H. The topological polar surface area (TPSA) is 48.5 Å². The molecule has 1 aliphatic heterocycles. The molecule has 0 fully saturated rings. The molecular weight excluding hydrogens is 743 g/mol. The molecule has 12 rings (SSSR count). The Morgan fingerprint density at radius 2 is 0.879 bits per heavy atom. The second-order valence-electron chi connectivity index (χ2n) is 15.1. The van der Waals surface area contributed by atoms with Gasteiger partial charge in [-0.05, 0) is 45.4 Å². The molecule has 0 saturated heterocycles. The van der Waals surface area contributed by atoms with Crippen LogP contribution in [0, 0.1) is 0 Å². The van der Waals surface area contributed by atoms with Gasteiger partial charge in [0.25, 0.3) is 0 Å². The third-order valence-corrected chi connectivity index (χ3v) is 18.2. The van der Waals surface area contributed by atoms with Crippen molar-refractivity contribution in [3.8, 4) is 11.9 Å². The molecule has 0 spiro atoms. The average molecular weight is 778 g/mol. The summed E-state index contributed by atoms with van der Waals surface area (Å²) in [6, 6.07) is 63.5. The second-order valence-corrected chi connectivity index (χ2v) is 19.9. The zero-order valence-corrected chi connectivity index (χ0v) is 33.2. The molecule has 4 heterocycles. The maximum absolute atomic E-state index is 5.82. The maximum atomic E-state index is 5.82. The highest BCUT2D eigenvalue weighted by atomic mass is 32.2. The van der Waals surface area contributed by atoms with Gasteiger partial charge in [-0.2, -0.15) is 4.98 Å². The minimum atomic E-state index is -3.34.